The van der Waals surface area contributed by atoms with Crippen LogP contribution in [-0.4, -0.2) is 189 Å². The molecule has 498 valence electrons. The fourth-order valence-corrected chi connectivity index (χ4v) is 7.77. The van der Waals surface area contributed by atoms with Crippen molar-refractivity contribution in [3.8, 4) is 0 Å². The van der Waals surface area contributed by atoms with Crippen molar-refractivity contribution < 1.29 is 162 Å². The summed E-state index contributed by atoms with van der Waals surface area (Å²) in [6.07, 6.45) is -34.3. The number of ether oxygens (including phenoxy) is 11. The van der Waals surface area contributed by atoms with Crippen molar-refractivity contribution in [2.75, 3.05) is 26.3 Å². The maximum absolute atomic E-state index is 14.9. The first-order valence-electron chi connectivity index (χ1n) is 25.5. The van der Waals surface area contributed by atoms with E-state index >= 15 is 0 Å². The molecule has 0 spiro atoms. The number of esters is 8. The number of alkyl carbamates (subject to hydrolysis) is 1. The maximum atomic E-state index is 14.9. The molecular formula is C50H60F13N3O22. The van der Waals surface area contributed by atoms with Crippen LogP contribution in [0, 0.1) is 0 Å². The molecule has 10 atom stereocenters. The Morgan fingerprint density at radius 2 is 1.05 bits per heavy atom. The third-order valence-electron chi connectivity index (χ3n) is 11.6. The van der Waals surface area contributed by atoms with Gasteiger partial charge in [0.05, 0.1) is 0 Å². The summed E-state index contributed by atoms with van der Waals surface area (Å²) in [7, 11) is 0. The monoisotopic (exact) mass is 1300 g/mol. The van der Waals surface area contributed by atoms with Crippen LogP contribution in [0.2, 0.25) is 0 Å². The first kappa shape index (κ1) is 76.3. The number of amides is 3. The number of rotatable bonds is 32. The first-order chi connectivity index (χ1) is 40.4. The Bertz CT molecular complexity index is 2620. The van der Waals surface area contributed by atoms with Crippen molar-refractivity contribution in [3.63, 3.8) is 0 Å². The van der Waals surface area contributed by atoms with Gasteiger partial charge in [-0.2, -0.15) is 57.1 Å². The quantitative estimate of drug-likeness (QED) is 0.0383. The number of carbonyl (C=O) groups excluding carboxylic acids is 11. The molecule has 0 saturated carbocycles. The van der Waals surface area contributed by atoms with Crippen molar-refractivity contribution in [1.82, 2.24) is 16.0 Å². The van der Waals surface area contributed by atoms with Crippen molar-refractivity contribution in [2.45, 2.75) is 185 Å². The van der Waals surface area contributed by atoms with Crippen LogP contribution < -0.4 is 16.0 Å². The second kappa shape index (κ2) is 32.4. The van der Waals surface area contributed by atoms with Gasteiger partial charge in [0.15, 0.2) is 36.8 Å². The summed E-state index contributed by atoms with van der Waals surface area (Å²) in [5.41, 5.74) is 0.534. The van der Waals surface area contributed by atoms with Crippen LogP contribution in [0.15, 0.2) is 30.3 Å². The number of halogens is 13. The van der Waals surface area contributed by atoms with E-state index in [1.165, 1.54) is 5.32 Å². The molecule has 0 aliphatic carbocycles. The molecule has 1 aliphatic rings. The van der Waals surface area contributed by atoms with Gasteiger partial charge in [0.25, 0.3) is 5.91 Å². The van der Waals surface area contributed by atoms with E-state index in [9.17, 15) is 110 Å². The normalized spacial score (nSPS) is 19.1. The van der Waals surface area contributed by atoms with E-state index < -0.39 is 202 Å². The summed E-state index contributed by atoms with van der Waals surface area (Å²) in [6.45, 7) is 1.08. The average molecular weight is 1300 g/mol. The van der Waals surface area contributed by atoms with Gasteiger partial charge < -0.3 is 68.1 Å². The zero-order valence-corrected chi connectivity index (χ0v) is 47.4. The smallest absolute Gasteiger partial charge is 0.460 e. The minimum Gasteiger partial charge on any atom is -0.463 e. The zero-order valence-electron chi connectivity index (χ0n) is 47.4. The molecule has 3 amide bonds. The third kappa shape index (κ3) is 21.5. The molecule has 1 aliphatic heterocycles. The van der Waals surface area contributed by atoms with Gasteiger partial charge >= 0.3 is 89.6 Å². The summed E-state index contributed by atoms with van der Waals surface area (Å²) in [6, 6.07) is 5.69. The molecule has 3 N–H and O–H groups in total. The Balaban J connectivity index is 2.88. The summed E-state index contributed by atoms with van der Waals surface area (Å²) >= 11 is 0. The molecule has 0 unspecified atom stereocenters. The SMILES string of the molecule is CC(=O)OC[C@H]1O[C@@H](O[C@@H]([C@H](OC(C)=O)[C@@H](OC(C)=O)C(=O)N[C@@H](CCCCNC(=O)OCc2ccccc2)C(=O)NCCC(F)(F)C(F)(F)C(F)(F)C(F)(F)C(F)(F)C(F)(F)F)[C@@H](COC(C)=O)OC(C)=O)[C@H](OC(C)=O)[C@@H](OC(C)=O)[C@H]1OC(C)=O. The van der Waals surface area contributed by atoms with Gasteiger partial charge in [-0.3, -0.25) is 47.9 Å². The topological polar surface area (TPSA) is 325 Å². The minimum atomic E-state index is -8.26. The molecule has 25 nitrogen and oxygen atoms in total. The molecular weight excluding hydrogens is 1240 g/mol. The fraction of sp³-hybridized carbons (Fsp3) is 0.660. The first-order valence-corrected chi connectivity index (χ1v) is 25.5. The number of nitrogens with one attached hydrogen (secondary N) is 3. The van der Waals surface area contributed by atoms with Crippen LogP contribution in [0.4, 0.5) is 61.9 Å². The lowest BCUT2D eigenvalue weighted by atomic mass is 9.92. The number of hydrogen-bond donors (Lipinski definition) is 3. The number of hydrogen-bond acceptors (Lipinski definition) is 22. The highest BCUT2D eigenvalue weighted by Crippen LogP contribution is 2.60. The molecule has 0 aromatic heterocycles. The minimum absolute atomic E-state index is 0.246. The van der Waals surface area contributed by atoms with Crippen LogP contribution in [0.1, 0.15) is 86.6 Å². The second-order valence-electron chi connectivity index (χ2n) is 18.8. The molecule has 1 saturated heterocycles. The maximum Gasteiger partial charge on any atom is 0.460 e. The molecule has 1 aromatic rings. The van der Waals surface area contributed by atoms with E-state index in [0.717, 1.165) is 34.6 Å². The van der Waals surface area contributed by atoms with Crippen LogP contribution in [0.25, 0.3) is 0 Å². The Hall–Kier alpha value is -7.80. The fourth-order valence-electron chi connectivity index (χ4n) is 7.77. The largest absolute Gasteiger partial charge is 0.463 e. The van der Waals surface area contributed by atoms with Gasteiger partial charge in [0.2, 0.25) is 12.0 Å². The Labute approximate surface area is 489 Å². The summed E-state index contributed by atoms with van der Waals surface area (Å²) in [5.74, 6) is -53.0. The highest BCUT2D eigenvalue weighted by molar-refractivity contribution is 5.91. The van der Waals surface area contributed by atoms with Gasteiger partial charge in [-0.05, 0) is 24.8 Å². The molecule has 38 heteroatoms. The van der Waals surface area contributed by atoms with E-state index in [0.29, 0.717) is 26.3 Å². The summed E-state index contributed by atoms with van der Waals surface area (Å²) in [5, 5.41) is 5.60. The van der Waals surface area contributed by atoms with Crippen molar-refractivity contribution >= 4 is 65.7 Å². The molecule has 0 bridgehead atoms. The van der Waals surface area contributed by atoms with Crippen LogP contribution in [0.5, 0.6) is 0 Å². The van der Waals surface area contributed by atoms with E-state index in [2.05, 4.69) is 5.32 Å². The number of benzene rings is 1. The second-order valence-corrected chi connectivity index (χ2v) is 18.8. The van der Waals surface area contributed by atoms with E-state index in [1.54, 1.807) is 30.3 Å². The number of unbranched alkanes of at least 4 members (excludes halogenated alkanes) is 1. The van der Waals surface area contributed by atoms with Crippen molar-refractivity contribution in [1.29, 1.82) is 0 Å². The van der Waals surface area contributed by atoms with Crippen molar-refractivity contribution in [2.24, 2.45) is 0 Å². The molecule has 1 fully saturated rings. The zero-order chi connectivity index (χ0) is 67.5. The molecule has 1 heterocycles. The van der Waals surface area contributed by atoms with E-state index in [1.807, 2.05) is 5.32 Å². The molecule has 88 heavy (non-hydrogen) atoms. The lowest BCUT2D eigenvalue weighted by Crippen LogP contribution is -2.70. The van der Waals surface area contributed by atoms with Gasteiger partial charge in [0, 0.05) is 74.9 Å². The lowest BCUT2D eigenvalue weighted by Gasteiger charge is -2.46. The van der Waals surface area contributed by atoms with Crippen LogP contribution in [-0.2, 0) is 107 Å². The van der Waals surface area contributed by atoms with Crippen LogP contribution >= 0.6 is 0 Å². The van der Waals surface area contributed by atoms with Gasteiger partial charge in [-0.1, -0.05) is 30.3 Å². The van der Waals surface area contributed by atoms with Crippen LogP contribution in [0.3, 0.4) is 0 Å². The van der Waals surface area contributed by atoms with Crippen molar-refractivity contribution in [3.05, 3.63) is 35.9 Å². The Kier molecular flexibility index (Phi) is 28.1. The Morgan fingerprint density at radius 3 is 1.56 bits per heavy atom. The third-order valence-corrected chi connectivity index (χ3v) is 11.6. The standard InChI is InChI=1S/C50H60F13N3O22/c1-23(67)78-21-33(81-25(3)69)36(88-43-40(86-30(8)74)38(84-28(6)72)35(82-26(4)70)34(87-43)22-79-24(2)68)37(83-27(5)71)39(85-29(7)73)42(76)66-32(16-12-13-18-65-44(77)80-20-31-14-10-9-11-15-31)41(75)64-19-17-45(51,52)46(53,54)47(55,56)48(57,58)49(59,60)50(61,62)63/h9-11,14-15,32-40,43H,12-13,16-22H2,1-8H3,(H,64,75)(H,65,77)(H,66,76)/t32-,33+,34+,35-,36+,37-,38-,39+,40+,43-/m0/s1. The summed E-state index contributed by atoms with van der Waals surface area (Å²) in [4.78, 5) is 142. The van der Waals surface area contributed by atoms with Gasteiger partial charge in [0.1, 0.15) is 38.1 Å². The lowest BCUT2D eigenvalue weighted by molar-refractivity contribution is -0.440. The van der Waals surface area contributed by atoms with Gasteiger partial charge in [-0.25, -0.2) is 4.79 Å². The number of carbonyl (C=O) groups is 11. The highest BCUT2D eigenvalue weighted by Gasteiger charge is 2.90. The van der Waals surface area contributed by atoms with Gasteiger partial charge in [-0.15, -0.1) is 0 Å². The Morgan fingerprint density at radius 1 is 0.523 bits per heavy atom. The highest BCUT2D eigenvalue weighted by atomic mass is 19.4. The average Bonchev–Trinajstić information content (AvgIpc) is 0.731. The molecule has 0 radical (unpaired) electrons. The predicted molar refractivity (Wildman–Crippen MR) is 259 cm³/mol. The molecule has 2 rings (SSSR count). The van der Waals surface area contributed by atoms with E-state index in [4.69, 9.17) is 52.1 Å². The van der Waals surface area contributed by atoms with E-state index in [-0.39, 0.29) is 19.6 Å². The summed E-state index contributed by atoms with van der Waals surface area (Å²) < 4.78 is 240. The molecule has 1 aromatic carbocycles. The predicted octanol–water partition coefficient (Wildman–Crippen LogP) is 4.64. The number of alkyl halides is 13.